The number of aryl methyl sites for hydroxylation is 1. The first kappa shape index (κ1) is 29.4. The molecule has 0 saturated heterocycles. The number of benzene rings is 2. The van der Waals surface area contributed by atoms with E-state index in [1.165, 1.54) is 11.8 Å². The second-order valence-corrected chi connectivity index (χ2v) is 11.1. The summed E-state index contributed by atoms with van der Waals surface area (Å²) in [6.07, 6.45) is -4.05. The zero-order valence-electron chi connectivity index (χ0n) is 20.6. The minimum atomic E-state index is -4.83. The lowest BCUT2D eigenvalue weighted by molar-refractivity contribution is -0.139. The number of carbonyl (C=O) groups is 2. The number of nitrogens with one attached hydrogen (secondary N) is 1. The Hall–Kier alpha value is -2.79. The van der Waals surface area contributed by atoms with E-state index in [9.17, 15) is 31.2 Å². The van der Waals surface area contributed by atoms with Gasteiger partial charge in [0.2, 0.25) is 21.8 Å². The Balaban J connectivity index is 2.47. The second-order valence-electron chi connectivity index (χ2n) is 8.78. The zero-order valence-corrected chi connectivity index (χ0v) is 22.1. The van der Waals surface area contributed by atoms with Crippen molar-refractivity contribution in [3.05, 3.63) is 64.2 Å². The monoisotopic (exact) mass is 547 g/mol. The molecular formula is C24H29ClF3N3O4S. The molecule has 12 heteroatoms. The van der Waals surface area contributed by atoms with Crippen LogP contribution in [0.5, 0.6) is 0 Å². The number of anilines is 1. The molecular weight excluding hydrogens is 519 g/mol. The van der Waals surface area contributed by atoms with Crippen molar-refractivity contribution in [1.82, 2.24) is 10.2 Å². The summed E-state index contributed by atoms with van der Waals surface area (Å²) >= 11 is 5.67. The third-order valence-electron chi connectivity index (χ3n) is 5.29. The quantitative estimate of drug-likeness (QED) is 0.505. The summed E-state index contributed by atoms with van der Waals surface area (Å²) in [6, 6.07) is 8.58. The molecule has 0 radical (unpaired) electrons. The molecule has 0 fully saturated rings. The van der Waals surface area contributed by atoms with Gasteiger partial charge in [-0.25, -0.2) is 8.42 Å². The number of alkyl halides is 3. The molecule has 2 amide bonds. The summed E-state index contributed by atoms with van der Waals surface area (Å²) in [6.45, 7) is 6.05. The number of amides is 2. The topological polar surface area (TPSA) is 86.8 Å². The first-order valence-electron chi connectivity index (χ1n) is 11.0. The molecule has 0 aromatic heterocycles. The maximum Gasteiger partial charge on any atom is 0.417 e. The Bertz CT molecular complexity index is 1200. The van der Waals surface area contributed by atoms with Crippen LogP contribution in [0.1, 0.15) is 37.5 Å². The first-order valence-corrected chi connectivity index (χ1v) is 13.2. The van der Waals surface area contributed by atoms with Crippen LogP contribution in [-0.4, -0.2) is 50.0 Å². The van der Waals surface area contributed by atoms with E-state index in [1.807, 2.05) is 19.1 Å². The maximum atomic E-state index is 13.4. The zero-order chi connectivity index (χ0) is 27.4. The first-order chi connectivity index (χ1) is 16.5. The van der Waals surface area contributed by atoms with Crippen LogP contribution in [0.2, 0.25) is 5.02 Å². The summed E-state index contributed by atoms with van der Waals surface area (Å²) in [5.41, 5.74) is 0.0599. The van der Waals surface area contributed by atoms with Crippen LogP contribution in [0.4, 0.5) is 18.9 Å². The molecule has 0 aliphatic heterocycles. The Morgan fingerprint density at radius 3 is 2.14 bits per heavy atom. The van der Waals surface area contributed by atoms with Crippen molar-refractivity contribution >= 4 is 39.1 Å². The van der Waals surface area contributed by atoms with Gasteiger partial charge in [0, 0.05) is 12.6 Å². The highest BCUT2D eigenvalue weighted by atomic mass is 35.5. The van der Waals surface area contributed by atoms with Crippen molar-refractivity contribution in [2.75, 3.05) is 17.1 Å². The predicted octanol–water partition coefficient (Wildman–Crippen LogP) is 4.38. The Morgan fingerprint density at radius 2 is 1.64 bits per heavy atom. The van der Waals surface area contributed by atoms with E-state index in [0.717, 1.165) is 24.0 Å². The molecule has 0 aliphatic carbocycles. The van der Waals surface area contributed by atoms with Gasteiger partial charge in [-0.05, 0) is 51.5 Å². The van der Waals surface area contributed by atoms with Crippen LogP contribution in [-0.2, 0) is 32.3 Å². The number of halogens is 4. The summed E-state index contributed by atoms with van der Waals surface area (Å²) in [5.74, 6) is -1.22. The molecule has 1 N–H and O–H groups in total. The lowest BCUT2D eigenvalue weighted by Gasteiger charge is -2.32. The van der Waals surface area contributed by atoms with Gasteiger partial charge in [-0.2, -0.15) is 13.2 Å². The van der Waals surface area contributed by atoms with Gasteiger partial charge in [0.05, 0.1) is 22.5 Å². The standard InChI is InChI=1S/C24H29ClF3N3O4S/c1-15(2)29-23(33)17(4)30(13-18-8-6-16(3)7-9-18)22(32)14-31(36(5,34)35)19-10-11-21(25)20(12-19)24(26,27)28/h6-12,15,17H,13-14H2,1-5H3,(H,29,33)/t17-/m1/s1. The van der Waals surface area contributed by atoms with Crippen LogP contribution >= 0.6 is 11.6 Å². The lowest BCUT2D eigenvalue weighted by Crippen LogP contribution is -2.52. The van der Waals surface area contributed by atoms with E-state index in [-0.39, 0.29) is 18.3 Å². The third kappa shape index (κ3) is 7.86. The van der Waals surface area contributed by atoms with Crippen LogP contribution in [0.25, 0.3) is 0 Å². The third-order valence-corrected chi connectivity index (χ3v) is 6.76. The van der Waals surface area contributed by atoms with Gasteiger partial charge in [-0.1, -0.05) is 41.4 Å². The molecule has 0 saturated carbocycles. The summed E-state index contributed by atoms with van der Waals surface area (Å²) in [5, 5.41) is 2.11. The second kappa shape index (κ2) is 11.5. The van der Waals surface area contributed by atoms with E-state index in [2.05, 4.69) is 5.32 Å². The van der Waals surface area contributed by atoms with Crippen molar-refractivity contribution in [3.63, 3.8) is 0 Å². The van der Waals surface area contributed by atoms with Crippen molar-refractivity contribution < 1.29 is 31.2 Å². The van der Waals surface area contributed by atoms with Crippen molar-refractivity contribution in [2.24, 2.45) is 0 Å². The van der Waals surface area contributed by atoms with Crippen LogP contribution in [0.3, 0.4) is 0 Å². The molecule has 36 heavy (non-hydrogen) atoms. The van der Waals surface area contributed by atoms with Crippen LogP contribution in [0, 0.1) is 6.92 Å². The number of hydrogen-bond acceptors (Lipinski definition) is 4. The highest BCUT2D eigenvalue weighted by Crippen LogP contribution is 2.37. The number of hydrogen-bond donors (Lipinski definition) is 1. The average molecular weight is 548 g/mol. The van der Waals surface area contributed by atoms with Gasteiger partial charge in [0.15, 0.2) is 0 Å². The molecule has 2 aromatic carbocycles. The normalized spacial score (nSPS) is 12.8. The fourth-order valence-corrected chi connectivity index (χ4v) is 4.44. The van der Waals surface area contributed by atoms with Crippen LogP contribution in [0.15, 0.2) is 42.5 Å². The Morgan fingerprint density at radius 1 is 1.06 bits per heavy atom. The number of carbonyl (C=O) groups excluding carboxylic acids is 2. The van der Waals surface area contributed by atoms with Gasteiger partial charge in [0.25, 0.3) is 0 Å². The molecule has 0 unspecified atom stereocenters. The highest BCUT2D eigenvalue weighted by Gasteiger charge is 2.35. The fraction of sp³-hybridized carbons (Fsp3) is 0.417. The predicted molar refractivity (Wildman–Crippen MR) is 133 cm³/mol. The number of rotatable bonds is 9. The van der Waals surface area contributed by atoms with E-state index in [4.69, 9.17) is 11.6 Å². The fourth-order valence-electron chi connectivity index (χ4n) is 3.38. The average Bonchev–Trinajstić information content (AvgIpc) is 2.75. The number of sulfonamides is 1. The lowest BCUT2D eigenvalue weighted by atomic mass is 10.1. The van der Waals surface area contributed by atoms with Gasteiger partial charge < -0.3 is 10.2 Å². The molecule has 0 bridgehead atoms. The molecule has 0 heterocycles. The van der Waals surface area contributed by atoms with Crippen molar-refractivity contribution in [3.8, 4) is 0 Å². The van der Waals surface area contributed by atoms with Gasteiger partial charge in [-0.15, -0.1) is 0 Å². The molecule has 7 nitrogen and oxygen atoms in total. The van der Waals surface area contributed by atoms with Crippen molar-refractivity contribution in [1.29, 1.82) is 0 Å². The van der Waals surface area contributed by atoms with E-state index in [1.54, 1.807) is 26.0 Å². The van der Waals surface area contributed by atoms with Crippen LogP contribution < -0.4 is 9.62 Å². The summed E-state index contributed by atoms with van der Waals surface area (Å²) in [4.78, 5) is 27.3. The van der Waals surface area contributed by atoms with E-state index in [0.29, 0.717) is 15.9 Å². The molecule has 2 aromatic rings. The molecule has 198 valence electrons. The Labute approximate surface area is 214 Å². The smallest absolute Gasteiger partial charge is 0.352 e. The molecule has 2 rings (SSSR count). The maximum absolute atomic E-state index is 13.4. The minimum Gasteiger partial charge on any atom is -0.352 e. The van der Waals surface area contributed by atoms with E-state index < -0.39 is 51.2 Å². The molecule has 1 atom stereocenters. The van der Waals surface area contributed by atoms with Gasteiger partial charge in [0.1, 0.15) is 12.6 Å². The van der Waals surface area contributed by atoms with Crippen molar-refractivity contribution in [2.45, 2.75) is 52.5 Å². The summed E-state index contributed by atoms with van der Waals surface area (Å²) in [7, 11) is -4.19. The largest absolute Gasteiger partial charge is 0.417 e. The molecule has 0 aliphatic rings. The summed E-state index contributed by atoms with van der Waals surface area (Å²) < 4.78 is 65.8. The minimum absolute atomic E-state index is 0.0161. The Kier molecular flexibility index (Phi) is 9.41. The molecule has 0 spiro atoms. The highest BCUT2D eigenvalue weighted by molar-refractivity contribution is 7.92. The van der Waals surface area contributed by atoms with E-state index >= 15 is 0 Å². The number of nitrogens with zero attached hydrogens (tertiary/aromatic N) is 2. The van der Waals surface area contributed by atoms with Gasteiger partial charge in [-0.3, -0.25) is 13.9 Å². The SMILES string of the molecule is Cc1ccc(CN(C(=O)CN(c2ccc(Cl)c(C(F)(F)F)c2)S(C)(=O)=O)[C@H](C)C(=O)NC(C)C)cc1. The van der Waals surface area contributed by atoms with Gasteiger partial charge >= 0.3 is 6.18 Å².